The van der Waals surface area contributed by atoms with Gasteiger partial charge in [0, 0.05) is 10.9 Å². The highest BCUT2D eigenvalue weighted by Crippen LogP contribution is 2.43. The first-order chi connectivity index (χ1) is 10.8. The van der Waals surface area contributed by atoms with E-state index in [0.717, 1.165) is 48.0 Å². The van der Waals surface area contributed by atoms with Gasteiger partial charge in [0.05, 0.1) is 12.7 Å². The summed E-state index contributed by atoms with van der Waals surface area (Å²) < 4.78 is 6.08. The normalized spacial score (nSPS) is 21.0. The Morgan fingerprint density at radius 2 is 1.95 bits per heavy atom. The van der Waals surface area contributed by atoms with Gasteiger partial charge >= 0.3 is 0 Å². The smallest absolute Gasteiger partial charge is 0.138 e. The second kappa shape index (κ2) is 5.98. The predicted molar refractivity (Wildman–Crippen MR) is 88.9 cm³/mol. The zero-order chi connectivity index (χ0) is 15.6. The Kier molecular flexibility index (Phi) is 4.04. The topological polar surface area (TPSA) is 36.3 Å². The second-order valence-electron chi connectivity index (χ2n) is 5.76. The van der Waals surface area contributed by atoms with Crippen molar-refractivity contribution in [1.29, 1.82) is 5.26 Å². The number of fused-ring (bicyclic) bond motifs is 3. The van der Waals surface area contributed by atoms with Gasteiger partial charge in [0.15, 0.2) is 0 Å². The Hall–Kier alpha value is -2.05. The van der Waals surface area contributed by atoms with E-state index < -0.39 is 5.54 Å². The van der Waals surface area contributed by atoms with Crippen LogP contribution in [-0.4, -0.2) is 24.6 Å². The molecule has 3 rings (SSSR count). The van der Waals surface area contributed by atoms with Gasteiger partial charge in [0.2, 0.25) is 0 Å². The van der Waals surface area contributed by atoms with Crippen molar-refractivity contribution in [2.45, 2.75) is 32.2 Å². The van der Waals surface area contributed by atoms with Crippen LogP contribution in [0.2, 0.25) is 0 Å². The van der Waals surface area contributed by atoms with Crippen LogP contribution in [0.4, 0.5) is 0 Å². The number of hydrogen-bond donors (Lipinski definition) is 0. The van der Waals surface area contributed by atoms with Crippen LogP contribution in [0, 0.1) is 11.3 Å². The largest absolute Gasteiger partial charge is 0.493 e. The Balaban J connectivity index is 2.29. The molecule has 0 radical (unpaired) electrons. The molecule has 0 saturated carbocycles. The van der Waals surface area contributed by atoms with Crippen molar-refractivity contribution < 1.29 is 4.74 Å². The summed E-state index contributed by atoms with van der Waals surface area (Å²) >= 11 is 0. The minimum absolute atomic E-state index is 0.584. The molecule has 1 aliphatic heterocycles. The van der Waals surface area contributed by atoms with E-state index in [1.807, 2.05) is 12.1 Å². The highest BCUT2D eigenvalue weighted by molar-refractivity contribution is 5.90. The molecule has 0 saturated heterocycles. The first kappa shape index (κ1) is 14.9. The van der Waals surface area contributed by atoms with Crippen LogP contribution in [0.1, 0.15) is 32.3 Å². The molecule has 0 amide bonds. The maximum atomic E-state index is 10.1. The van der Waals surface area contributed by atoms with Gasteiger partial charge in [0.1, 0.15) is 11.3 Å². The van der Waals surface area contributed by atoms with E-state index in [4.69, 9.17) is 4.74 Å². The van der Waals surface area contributed by atoms with Crippen LogP contribution in [0.3, 0.4) is 0 Å². The van der Waals surface area contributed by atoms with Crippen LogP contribution in [0.25, 0.3) is 10.8 Å². The number of nitrogens with zero attached hydrogens (tertiary/aromatic N) is 2. The lowest BCUT2D eigenvalue weighted by Gasteiger charge is -2.37. The van der Waals surface area contributed by atoms with Crippen LogP contribution in [-0.2, 0) is 5.54 Å². The lowest BCUT2D eigenvalue weighted by atomic mass is 9.83. The Morgan fingerprint density at radius 1 is 1.18 bits per heavy atom. The number of rotatable bonds is 3. The van der Waals surface area contributed by atoms with Crippen molar-refractivity contribution in [1.82, 2.24) is 4.90 Å². The van der Waals surface area contributed by atoms with E-state index in [1.54, 1.807) is 0 Å². The maximum absolute atomic E-state index is 10.1. The molecule has 22 heavy (non-hydrogen) atoms. The molecule has 0 bridgehead atoms. The summed E-state index contributed by atoms with van der Waals surface area (Å²) in [6.45, 7) is 6.63. The van der Waals surface area contributed by atoms with E-state index in [2.05, 4.69) is 49.1 Å². The van der Waals surface area contributed by atoms with Crippen molar-refractivity contribution >= 4 is 10.8 Å². The molecule has 3 heteroatoms. The molecule has 0 aromatic heterocycles. The van der Waals surface area contributed by atoms with Crippen molar-refractivity contribution in [3.8, 4) is 11.8 Å². The summed E-state index contributed by atoms with van der Waals surface area (Å²) in [5, 5.41) is 12.3. The quantitative estimate of drug-likeness (QED) is 0.856. The standard InChI is InChI=1S/C19H22N2O/c1-3-21(4-2)19(14-20)12-7-13-22-18-16-9-6-5-8-15(16)10-11-17(18)19/h5-6,8-11H,3-4,7,12-13H2,1-2H3. The van der Waals surface area contributed by atoms with Crippen molar-refractivity contribution in [2.75, 3.05) is 19.7 Å². The lowest BCUT2D eigenvalue weighted by Crippen LogP contribution is -2.44. The zero-order valence-corrected chi connectivity index (χ0v) is 13.3. The van der Waals surface area contributed by atoms with E-state index in [0.29, 0.717) is 6.61 Å². The Bertz CT molecular complexity index is 715. The van der Waals surface area contributed by atoms with Crippen molar-refractivity contribution in [2.24, 2.45) is 0 Å². The van der Waals surface area contributed by atoms with E-state index in [1.165, 1.54) is 0 Å². The fourth-order valence-electron chi connectivity index (χ4n) is 3.64. The third kappa shape index (κ3) is 2.15. The average molecular weight is 294 g/mol. The van der Waals surface area contributed by atoms with E-state index in [9.17, 15) is 5.26 Å². The number of nitriles is 1. The van der Waals surface area contributed by atoms with Crippen molar-refractivity contribution in [3.05, 3.63) is 42.0 Å². The Labute approximate surface area is 132 Å². The third-order valence-corrected chi connectivity index (χ3v) is 4.74. The molecule has 2 aromatic rings. The van der Waals surface area contributed by atoms with Crippen molar-refractivity contribution in [3.63, 3.8) is 0 Å². The molecular formula is C19H22N2O. The van der Waals surface area contributed by atoms with Crippen LogP contribution >= 0.6 is 0 Å². The van der Waals surface area contributed by atoms with Gasteiger partial charge < -0.3 is 4.74 Å². The predicted octanol–water partition coefficient (Wildman–Crippen LogP) is 4.07. The van der Waals surface area contributed by atoms with Crippen LogP contribution < -0.4 is 4.74 Å². The number of hydrogen-bond acceptors (Lipinski definition) is 3. The van der Waals surface area contributed by atoms with Gasteiger partial charge in [-0.3, -0.25) is 4.90 Å². The second-order valence-corrected chi connectivity index (χ2v) is 5.76. The summed E-state index contributed by atoms with van der Waals surface area (Å²) in [4.78, 5) is 2.26. The van der Waals surface area contributed by atoms with Gasteiger partial charge in [-0.2, -0.15) is 5.26 Å². The van der Waals surface area contributed by atoms with E-state index in [-0.39, 0.29) is 0 Å². The monoisotopic (exact) mass is 294 g/mol. The summed E-state index contributed by atoms with van der Waals surface area (Å²) in [7, 11) is 0. The van der Waals surface area contributed by atoms with Gasteiger partial charge in [-0.1, -0.05) is 50.2 Å². The van der Waals surface area contributed by atoms with Gasteiger partial charge in [-0.25, -0.2) is 0 Å². The molecule has 114 valence electrons. The molecule has 0 aliphatic carbocycles. The molecule has 2 aromatic carbocycles. The first-order valence-electron chi connectivity index (χ1n) is 8.08. The van der Waals surface area contributed by atoms with Crippen LogP contribution in [0.15, 0.2) is 36.4 Å². The molecule has 0 spiro atoms. The molecule has 1 unspecified atom stereocenters. The highest BCUT2D eigenvalue weighted by Gasteiger charge is 2.41. The molecule has 0 fully saturated rings. The average Bonchev–Trinajstić information content (AvgIpc) is 2.76. The summed E-state index contributed by atoms with van der Waals surface area (Å²) in [6, 6.07) is 15.1. The molecular weight excluding hydrogens is 272 g/mol. The highest BCUT2D eigenvalue weighted by atomic mass is 16.5. The summed E-state index contributed by atoms with van der Waals surface area (Å²) in [5.41, 5.74) is 0.439. The molecule has 3 nitrogen and oxygen atoms in total. The summed E-state index contributed by atoms with van der Waals surface area (Å²) in [5.74, 6) is 0.893. The molecule has 1 atom stereocenters. The van der Waals surface area contributed by atoms with Gasteiger partial charge in [0.25, 0.3) is 0 Å². The minimum atomic E-state index is -0.584. The number of ether oxygens (including phenoxy) is 1. The van der Waals surface area contributed by atoms with Crippen LogP contribution in [0.5, 0.6) is 5.75 Å². The molecule has 0 N–H and O–H groups in total. The maximum Gasteiger partial charge on any atom is 0.138 e. The first-order valence-corrected chi connectivity index (χ1v) is 8.08. The molecule has 1 heterocycles. The fourth-order valence-corrected chi connectivity index (χ4v) is 3.64. The summed E-state index contributed by atoms with van der Waals surface area (Å²) in [6.07, 6.45) is 1.71. The van der Waals surface area contributed by atoms with Gasteiger partial charge in [-0.15, -0.1) is 0 Å². The lowest BCUT2D eigenvalue weighted by molar-refractivity contribution is 0.142. The minimum Gasteiger partial charge on any atom is -0.493 e. The number of benzene rings is 2. The third-order valence-electron chi connectivity index (χ3n) is 4.74. The SMILES string of the molecule is CCN(CC)C1(C#N)CCCOc2c1ccc1ccccc21. The van der Waals surface area contributed by atoms with Gasteiger partial charge in [-0.05, 0) is 31.3 Å². The van der Waals surface area contributed by atoms with E-state index >= 15 is 0 Å². The Morgan fingerprint density at radius 3 is 2.68 bits per heavy atom. The molecule has 1 aliphatic rings. The fraction of sp³-hybridized carbons (Fsp3) is 0.421. The zero-order valence-electron chi connectivity index (χ0n) is 13.3.